The molecule has 0 bridgehead atoms. The van der Waals surface area contributed by atoms with E-state index in [0.717, 1.165) is 0 Å². The Morgan fingerprint density at radius 3 is 1.27 bits per heavy atom. The summed E-state index contributed by atoms with van der Waals surface area (Å²) in [5.41, 5.74) is 0. The minimum atomic E-state index is -4.29. The van der Waals surface area contributed by atoms with E-state index < -0.39 is 57.7 Å². The number of ether oxygens (including phenoxy) is 1. The van der Waals surface area contributed by atoms with Gasteiger partial charge in [0.15, 0.2) is 22.7 Å². The van der Waals surface area contributed by atoms with Gasteiger partial charge in [0.1, 0.15) is 51.5 Å². The maximum atomic E-state index is 15.3. The molecule has 0 spiro atoms. The van der Waals surface area contributed by atoms with Crippen LogP contribution >= 0.6 is 8.17 Å². The quantitative estimate of drug-likeness (QED) is 0.0425. The van der Waals surface area contributed by atoms with E-state index in [4.69, 9.17) is 31.8 Å². The monoisotopic (exact) mass is 773 g/mol. The molecule has 0 aliphatic carbocycles. The molecule has 1 saturated heterocycles. The first-order valence-corrected chi connectivity index (χ1v) is 29.2. The Kier molecular flexibility index (Phi) is 16.6. The average molecular weight is 773 g/mol. The van der Waals surface area contributed by atoms with Crippen molar-refractivity contribution in [2.24, 2.45) is 0 Å². The van der Waals surface area contributed by atoms with E-state index in [-0.39, 0.29) is 24.4 Å². The van der Waals surface area contributed by atoms with Crippen molar-refractivity contribution < 1.29 is 46.0 Å². The minimum absolute atomic E-state index is 0.00905. The molecule has 1 rings (SSSR count). The molecule has 0 N–H and O–H groups in total. The lowest BCUT2D eigenvalue weighted by molar-refractivity contribution is -1.10. The van der Waals surface area contributed by atoms with Crippen molar-refractivity contribution >= 4 is 33.1 Å². The van der Waals surface area contributed by atoms with E-state index in [0.29, 0.717) is 45.9 Å². The summed E-state index contributed by atoms with van der Waals surface area (Å²) in [5, 5.41) is -0.168. The minimum Gasteiger partial charge on any atom is -0.408 e. The molecule has 0 amide bonds. The largest absolute Gasteiger partial charge is 0.722 e. The molecule has 1 aliphatic heterocycles. The van der Waals surface area contributed by atoms with Crippen molar-refractivity contribution in [2.45, 2.75) is 183 Å². The predicted molar refractivity (Wildman–Crippen MR) is 211 cm³/mol. The van der Waals surface area contributed by atoms with Gasteiger partial charge in [-0.25, -0.2) is 4.43 Å². The van der Waals surface area contributed by atoms with Crippen LogP contribution in [0.15, 0.2) is 0 Å². The lowest BCUT2D eigenvalue weighted by Crippen LogP contribution is -2.55. The van der Waals surface area contributed by atoms with Gasteiger partial charge in [0.2, 0.25) is 12.9 Å². The summed E-state index contributed by atoms with van der Waals surface area (Å²) in [7, 11) is -11.3. The van der Waals surface area contributed by atoms with Crippen LogP contribution in [0.2, 0.25) is 54.4 Å². The first-order chi connectivity index (χ1) is 21.9. The van der Waals surface area contributed by atoms with Gasteiger partial charge < -0.3 is 13.6 Å². The molecule has 0 aromatic carbocycles. The molecule has 0 saturated carbocycles. The Bertz CT molecular complexity index is 983. The van der Waals surface area contributed by atoms with Crippen molar-refractivity contribution in [2.75, 3.05) is 45.9 Å². The SMILES string of the molecule is CC[N+](CC)(CC)O[P+]([O])(O[C@@H]1O[C@H](C[O+][Si](C)(C)C(C)(C)C)[C@@H](O[Si](C)(C)C(C)(C)C)[C@@H]1O[Si](C)(C)C(C)(C)C)O[N+](CC)(CC)CC. The van der Waals surface area contributed by atoms with Gasteiger partial charge in [-0.1, -0.05) is 62.3 Å². The Hall–Kier alpha value is 0.681. The molecular formula is C35H81N2O8PSi3+4. The van der Waals surface area contributed by atoms with Gasteiger partial charge in [-0.3, -0.25) is 0 Å². The lowest BCUT2D eigenvalue weighted by atomic mass is 10.1. The molecule has 10 nitrogen and oxygen atoms in total. The highest BCUT2D eigenvalue weighted by Crippen LogP contribution is 2.65. The van der Waals surface area contributed by atoms with E-state index in [1.165, 1.54) is 0 Å². The third-order valence-electron chi connectivity index (χ3n) is 12.4. The van der Waals surface area contributed by atoms with Crippen molar-refractivity contribution in [3.8, 4) is 0 Å². The number of hydrogen-bond donors (Lipinski definition) is 0. The van der Waals surface area contributed by atoms with Crippen molar-refractivity contribution in [3.63, 3.8) is 0 Å². The van der Waals surface area contributed by atoms with Crippen LogP contribution < -0.4 is 0 Å². The van der Waals surface area contributed by atoms with Crippen LogP contribution in [0.4, 0.5) is 0 Å². The van der Waals surface area contributed by atoms with Crippen LogP contribution in [0.1, 0.15) is 104 Å². The van der Waals surface area contributed by atoms with Gasteiger partial charge in [0.05, 0.1) is 14.1 Å². The molecule has 49 heavy (non-hydrogen) atoms. The summed E-state index contributed by atoms with van der Waals surface area (Å²) in [4.78, 5) is 15.3. The summed E-state index contributed by atoms with van der Waals surface area (Å²) in [6.45, 7) is 49.6. The van der Waals surface area contributed by atoms with Gasteiger partial charge in [-0.15, -0.1) is 13.8 Å². The molecule has 4 atom stereocenters. The van der Waals surface area contributed by atoms with Crippen LogP contribution in [-0.4, -0.2) is 105 Å². The maximum Gasteiger partial charge on any atom is 0.722 e. The van der Waals surface area contributed by atoms with E-state index in [1.54, 1.807) is 0 Å². The van der Waals surface area contributed by atoms with Gasteiger partial charge in [0, 0.05) is 18.1 Å². The van der Waals surface area contributed by atoms with Crippen LogP contribution in [0.3, 0.4) is 0 Å². The third kappa shape index (κ3) is 11.8. The molecule has 2 radical (unpaired) electrons. The van der Waals surface area contributed by atoms with Crippen molar-refractivity contribution in [1.29, 1.82) is 0 Å². The first-order valence-electron chi connectivity index (χ1n) is 19.0. The molecule has 1 aliphatic rings. The normalized spacial score (nSPS) is 22.7. The maximum absolute atomic E-state index is 15.3. The Morgan fingerprint density at radius 1 is 0.612 bits per heavy atom. The predicted octanol–water partition coefficient (Wildman–Crippen LogP) is 10.3. The fourth-order valence-corrected chi connectivity index (χ4v) is 10.7. The van der Waals surface area contributed by atoms with Crippen LogP contribution in [0.5, 0.6) is 0 Å². The van der Waals surface area contributed by atoms with E-state index in [1.807, 2.05) is 41.5 Å². The second kappa shape index (κ2) is 17.0. The molecule has 292 valence electrons. The van der Waals surface area contributed by atoms with Crippen molar-refractivity contribution in [1.82, 2.24) is 0 Å². The van der Waals surface area contributed by atoms with E-state index in [2.05, 4.69) is 102 Å². The second-order valence-corrected chi connectivity index (χ2v) is 34.3. The zero-order chi connectivity index (χ0) is 38.7. The standard InChI is InChI=1S/C35H81N2O8PSi3/c1-22-36(23-2,24-3)44-46(38,45-37(25-4,26-5)27-6)41-32-31(43-49(20,21)35(13,14)15)30(42-48(18,19)34(10,11)12)29(40-32)28-39-47(16,17)33(7,8)9/h29-32H,22-28H2,1-21H3/q+4/t29-,30-,31+,32+/m1/s1. The second-order valence-electron chi connectivity index (χ2n) is 18.5. The van der Waals surface area contributed by atoms with Gasteiger partial charge >= 0.3 is 16.5 Å². The highest BCUT2D eigenvalue weighted by atomic mass is 31.2. The summed E-state index contributed by atoms with van der Waals surface area (Å²) >= 11 is 0. The van der Waals surface area contributed by atoms with Gasteiger partial charge in [-0.05, 0) is 77.8 Å². The molecular weight excluding hydrogens is 692 g/mol. The van der Waals surface area contributed by atoms with E-state index in [9.17, 15) is 0 Å². The molecule has 0 unspecified atom stereocenters. The van der Waals surface area contributed by atoms with Crippen LogP contribution in [0, 0.1) is 0 Å². The van der Waals surface area contributed by atoms with Gasteiger partial charge in [-0.2, -0.15) is 0 Å². The van der Waals surface area contributed by atoms with Crippen LogP contribution in [0.25, 0.3) is 0 Å². The Labute approximate surface area is 307 Å². The van der Waals surface area contributed by atoms with Crippen molar-refractivity contribution in [3.05, 3.63) is 0 Å². The number of nitrogens with zero attached hydrogens (tertiary/aromatic N) is 2. The number of rotatable bonds is 19. The van der Waals surface area contributed by atoms with E-state index >= 15 is 4.89 Å². The number of hydroxylamine groups is 6. The summed E-state index contributed by atoms with van der Waals surface area (Å²) in [5.74, 6) is 0. The fourth-order valence-electron chi connectivity index (χ4n) is 5.01. The Balaban J connectivity index is 3.98. The van der Waals surface area contributed by atoms with Crippen LogP contribution in [-0.2, 0) is 36.7 Å². The highest BCUT2D eigenvalue weighted by molar-refractivity contribution is 7.54. The molecule has 1 heterocycles. The first kappa shape index (κ1) is 47.7. The molecule has 0 aromatic rings. The zero-order valence-corrected chi connectivity index (χ0v) is 39.8. The highest BCUT2D eigenvalue weighted by Gasteiger charge is 2.70. The van der Waals surface area contributed by atoms with Gasteiger partial charge in [0.25, 0.3) is 0 Å². The zero-order valence-electron chi connectivity index (χ0n) is 35.9. The number of hydrogen-bond acceptors (Lipinski definition) is 7. The topological polar surface area (TPSA) is 86.6 Å². The Morgan fingerprint density at radius 2 is 0.959 bits per heavy atom. The smallest absolute Gasteiger partial charge is 0.408 e. The summed E-state index contributed by atoms with van der Waals surface area (Å²) in [6, 6.07) is 0. The lowest BCUT2D eigenvalue weighted by Gasteiger charge is -2.43. The summed E-state index contributed by atoms with van der Waals surface area (Å²) in [6.07, 6.45) is -2.77. The average Bonchev–Trinajstić information content (AvgIpc) is 3.25. The molecule has 0 aromatic heterocycles. The number of quaternary nitrogens is 2. The summed E-state index contributed by atoms with van der Waals surface area (Å²) < 4.78 is 48.3. The molecule has 14 heteroatoms. The molecule has 1 fully saturated rings. The third-order valence-corrected chi connectivity index (χ3v) is 27.4. The fraction of sp³-hybridized carbons (Fsp3) is 1.00.